The van der Waals surface area contributed by atoms with Crippen LogP contribution in [0.5, 0.6) is 11.5 Å². The molecule has 1 aromatic carbocycles. The smallest absolute Gasteiger partial charge is 0.125 e. The van der Waals surface area contributed by atoms with Gasteiger partial charge in [-0.1, -0.05) is 0 Å². The number of methoxy groups -OCH3 is 2. The third-order valence-electron chi connectivity index (χ3n) is 2.12. The van der Waals surface area contributed by atoms with E-state index >= 15 is 0 Å². The van der Waals surface area contributed by atoms with Crippen molar-refractivity contribution in [2.24, 2.45) is 0 Å². The molecule has 1 unspecified atom stereocenters. The lowest BCUT2D eigenvalue weighted by Crippen LogP contribution is -1.92. The van der Waals surface area contributed by atoms with Gasteiger partial charge in [0, 0.05) is 5.56 Å². The van der Waals surface area contributed by atoms with E-state index in [1.807, 2.05) is 18.2 Å². The van der Waals surface area contributed by atoms with E-state index < -0.39 is 0 Å². The molecule has 1 saturated heterocycles. The Bertz CT molecular complexity index is 305. The average molecular weight is 180 g/mol. The molecule has 0 aliphatic carbocycles. The van der Waals surface area contributed by atoms with E-state index in [-0.39, 0.29) is 6.10 Å². The topological polar surface area (TPSA) is 31.0 Å². The van der Waals surface area contributed by atoms with Crippen molar-refractivity contribution in [2.45, 2.75) is 6.10 Å². The molecule has 70 valence electrons. The van der Waals surface area contributed by atoms with E-state index in [4.69, 9.17) is 14.2 Å². The zero-order valence-electron chi connectivity index (χ0n) is 7.74. The molecule has 1 aliphatic rings. The minimum atomic E-state index is 0.199. The van der Waals surface area contributed by atoms with Gasteiger partial charge in [0.2, 0.25) is 0 Å². The molecule has 0 bridgehead atoms. The van der Waals surface area contributed by atoms with Crippen molar-refractivity contribution in [3.63, 3.8) is 0 Å². The molecule has 3 heteroatoms. The Morgan fingerprint density at radius 3 is 2.62 bits per heavy atom. The van der Waals surface area contributed by atoms with Crippen LogP contribution < -0.4 is 9.47 Å². The number of hydrogen-bond donors (Lipinski definition) is 0. The summed E-state index contributed by atoms with van der Waals surface area (Å²) in [6.45, 7) is 0.781. The molecule has 1 aliphatic heterocycles. The first-order valence-corrected chi connectivity index (χ1v) is 4.18. The molecule has 0 radical (unpaired) electrons. The van der Waals surface area contributed by atoms with Crippen LogP contribution in [0.4, 0.5) is 0 Å². The number of epoxide rings is 1. The summed E-state index contributed by atoms with van der Waals surface area (Å²) in [5, 5.41) is 0. The van der Waals surface area contributed by atoms with Crippen LogP contribution in [-0.2, 0) is 4.74 Å². The Morgan fingerprint density at radius 1 is 1.31 bits per heavy atom. The summed E-state index contributed by atoms with van der Waals surface area (Å²) in [6, 6.07) is 5.73. The quantitative estimate of drug-likeness (QED) is 0.664. The highest BCUT2D eigenvalue weighted by atomic mass is 16.6. The van der Waals surface area contributed by atoms with Crippen LogP contribution >= 0.6 is 0 Å². The van der Waals surface area contributed by atoms with Gasteiger partial charge in [0.25, 0.3) is 0 Å². The summed E-state index contributed by atoms with van der Waals surface area (Å²) >= 11 is 0. The van der Waals surface area contributed by atoms with E-state index in [9.17, 15) is 0 Å². The van der Waals surface area contributed by atoms with Crippen molar-refractivity contribution < 1.29 is 14.2 Å². The maximum Gasteiger partial charge on any atom is 0.125 e. The van der Waals surface area contributed by atoms with E-state index in [2.05, 4.69) is 0 Å². The molecule has 0 spiro atoms. The Hall–Kier alpha value is -1.22. The molecule has 0 aromatic heterocycles. The van der Waals surface area contributed by atoms with Crippen LogP contribution in [0.1, 0.15) is 11.7 Å². The second-order valence-electron chi connectivity index (χ2n) is 2.93. The van der Waals surface area contributed by atoms with Crippen molar-refractivity contribution in [3.8, 4) is 11.5 Å². The first-order valence-electron chi connectivity index (χ1n) is 4.18. The van der Waals surface area contributed by atoms with Crippen LogP contribution in [0, 0.1) is 0 Å². The molecule has 0 saturated carbocycles. The predicted molar refractivity (Wildman–Crippen MR) is 48.2 cm³/mol. The second kappa shape index (κ2) is 3.26. The van der Waals surface area contributed by atoms with Crippen molar-refractivity contribution in [1.29, 1.82) is 0 Å². The van der Waals surface area contributed by atoms with Crippen molar-refractivity contribution >= 4 is 0 Å². The number of ether oxygens (including phenoxy) is 3. The molecule has 0 N–H and O–H groups in total. The summed E-state index contributed by atoms with van der Waals surface area (Å²) < 4.78 is 15.5. The van der Waals surface area contributed by atoms with Gasteiger partial charge in [0.1, 0.15) is 17.6 Å². The zero-order chi connectivity index (χ0) is 9.26. The van der Waals surface area contributed by atoms with Gasteiger partial charge in [0.05, 0.1) is 20.8 Å². The van der Waals surface area contributed by atoms with Crippen LogP contribution in [0.15, 0.2) is 18.2 Å². The number of hydrogen-bond acceptors (Lipinski definition) is 3. The van der Waals surface area contributed by atoms with Crippen LogP contribution in [0.3, 0.4) is 0 Å². The largest absolute Gasteiger partial charge is 0.497 e. The summed E-state index contributed by atoms with van der Waals surface area (Å²) in [4.78, 5) is 0. The van der Waals surface area contributed by atoms with Gasteiger partial charge in [0.15, 0.2) is 0 Å². The summed E-state index contributed by atoms with van der Waals surface area (Å²) in [5.74, 6) is 1.70. The molecule has 1 heterocycles. The second-order valence-corrected chi connectivity index (χ2v) is 2.93. The lowest BCUT2D eigenvalue weighted by molar-refractivity contribution is 0.377. The molecule has 3 nitrogen and oxygen atoms in total. The summed E-state index contributed by atoms with van der Waals surface area (Å²) in [5.41, 5.74) is 1.07. The lowest BCUT2D eigenvalue weighted by atomic mass is 10.1. The normalized spacial score (nSPS) is 19.7. The van der Waals surface area contributed by atoms with Crippen molar-refractivity contribution in [2.75, 3.05) is 20.8 Å². The van der Waals surface area contributed by atoms with Gasteiger partial charge in [-0.15, -0.1) is 0 Å². The third-order valence-corrected chi connectivity index (χ3v) is 2.12. The summed E-state index contributed by atoms with van der Waals surface area (Å²) in [7, 11) is 3.31. The molecular formula is C10H12O3. The van der Waals surface area contributed by atoms with Crippen molar-refractivity contribution in [1.82, 2.24) is 0 Å². The fraction of sp³-hybridized carbons (Fsp3) is 0.400. The zero-order valence-corrected chi connectivity index (χ0v) is 7.74. The van der Waals surface area contributed by atoms with E-state index in [1.54, 1.807) is 14.2 Å². The van der Waals surface area contributed by atoms with Crippen LogP contribution in [0.25, 0.3) is 0 Å². The Kier molecular flexibility index (Phi) is 2.10. The Balaban J connectivity index is 2.35. The number of rotatable bonds is 3. The molecule has 1 fully saturated rings. The SMILES string of the molecule is COc1ccc(OC)c(C2CO2)c1. The van der Waals surface area contributed by atoms with Gasteiger partial charge in [-0.2, -0.15) is 0 Å². The van der Waals surface area contributed by atoms with Crippen molar-refractivity contribution in [3.05, 3.63) is 23.8 Å². The van der Waals surface area contributed by atoms with Gasteiger partial charge >= 0.3 is 0 Å². The average Bonchev–Trinajstić information content (AvgIpc) is 3.00. The fourth-order valence-electron chi connectivity index (χ4n) is 1.32. The number of benzene rings is 1. The highest BCUT2D eigenvalue weighted by molar-refractivity contribution is 5.42. The first-order chi connectivity index (χ1) is 6.35. The minimum absolute atomic E-state index is 0.199. The molecule has 1 aromatic rings. The van der Waals surface area contributed by atoms with Gasteiger partial charge in [-0.25, -0.2) is 0 Å². The van der Waals surface area contributed by atoms with Gasteiger partial charge in [-0.05, 0) is 18.2 Å². The third kappa shape index (κ3) is 1.60. The van der Waals surface area contributed by atoms with Crippen LogP contribution in [0.2, 0.25) is 0 Å². The van der Waals surface area contributed by atoms with E-state index in [0.29, 0.717) is 0 Å². The maximum absolute atomic E-state index is 5.21. The maximum atomic E-state index is 5.21. The van der Waals surface area contributed by atoms with Gasteiger partial charge in [-0.3, -0.25) is 0 Å². The van der Waals surface area contributed by atoms with Gasteiger partial charge < -0.3 is 14.2 Å². The fourth-order valence-corrected chi connectivity index (χ4v) is 1.32. The monoisotopic (exact) mass is 180 g/mol. The highest BCUT2D eigenvalue weighted by Gasteiger charge is 2.28. The standard InChI is InChI=1S/C10H12O3/c1-11-7-3-4-9(12-2)8(5-7)10-6-13-10/h3-5,10H,6H2,1-2H3. The minimum Gasteiger partial charge on any atom is -0.497 e. The molecule has 0 amide bonds. The molecule has 1 atom stereocenters. The lowest BCUT2D eigenvalue weighted by Gasteiger charge is -2.07. The Morgan fingerprint density at radius 2 is 2.08 bits per heavy atom. The Labute approximate surface area is 77.2 Å². The van der Waals surface area contributed by atoms with E-state index in [0.717, 1.165) is 23.7 Å². The first kappa shape index (κ1) is 8.38. The predicted octanol–water partition coefficient (Wildman–Crippen LogP) is 1.78. The highest BCUT2D eigenvalue weighted by Crippen LogP contribution is 2.38. The molecule has 13 heavy (non-hydrogen) atoms. The van der Waals surface area contributed by atoms with Crippen LogP contribution in [-0.4, -0.2) is 20.8 Å². The van der Waals surface area contributed by atoms with E-state index in [1.165, 1.54) is 0 Å². The molecule has 2 rings (SSSR count). The summed E-state index contributed by atoms with van der Waals surface area (Å²) in [6.07, 6.45) is 0.199. The molecular weight excluding hydrogens is 168 g/mol.